The number of nitrogens with one attached hydrogen (secondary N) is 1. The number of pyridine rings is 2. The number of fused-ring (bicyclic) bond motifs is 2. The molecular weight excluding hydrogens is 462 g/mol. The van der Waals surface area contributed by atoms with Gasteiger partial charge in [0.15, 0.2) is 5.82 Å². The Morgan fingerprint density at radius 2 is 1.89 bits per heavy atom. The molecule has 37 heavy (non-hydrogen) atoms. The molecule has 0 aliphatic carbocycles. The number of carbonyl (C=O) groups is 1. The van der Waals surface area contributed by atoms with Crippen LogP contribution in [-0.4, -0.2) is 63.8 Å². The van der Waals surface area contributed by atoms with Crippen LogP contribution >= 0.6 is 0 Å². The van der Waals surface area contributed by atoms with Crippen molar-refractivity contribution in [3.8, 4) is 11.1 Å². The Morgan fingerprint density at radius 1 is 1.05 bits per heavy atom. The van der Waals surface area contributed by atoms with Crippen LogP contribution in [0.2, 0.25) is 0 Å². The van der Waals surface area contributed by atoms with Gasteiger partial charge in [0.25, 0.3) is 0 Å². The lowest BCUT2D eigenvalue weighted by molar-refractivity contribution is 0.103. The number of rotatable bonds is 5. The summed E-state index contributed by atoms with van der Waals surface area (Å²) in [5.41, 5.74) is 12.5. The van der Waals surface area contributed by atoms with E-state index in [9.17, 15) is 4.79 Å². The molecule has 4 heterocycles. The molecule has 0 radical (unpaired) electrons. The average Bonchev–Trinajstić information content (AvgIpc) is 3.36. The zero-order valence-corrected chi connectivity index (χ0v) is 21.0. The van der Waals surface area contributed by atoms with Crippen LogP contribution in [-0.2, 0) is 0 Å². The molecule has 8 heteroatoms. The molecular formula is C29H29N7O. The molecule has 1 aliphatic rings. The van der Waals surface area contributed by atoms with Crippen LogP contribution in [0.1, 0.15) is 29.0 Å². The summed E-state index contributed by atoms with van der Waals surface area (Å²) < 4.78 is 0. The van der Waals surface area contributed by atoms with Crippen LogP contribution in [0.25, 0.3) is 33.1 Å². The minimum atomic E-state index is -0.188. The van der Waals surface area contributed by atoms with Gasteiger partial charge in [0.2, 0.25) is 5.78 Å². The van der Waals surface area contributed by atoms with E-state index in [2.05, 4.69) is 56.0 Å². The Morgan fingerprint density at radius 3 is 2.70 bits per heavy atom. The number of imidazole rings is 1. The number of hydrogen-bond acceptors (Lipinski definition) is 7. The zero-order valence-electron chi connectivity index (χ0n) is 21.0. The van der Waals surface area contributed by atoms with Crippen molar-refractivity contribution < 1.29 is 4.79 Å². The molecule has 3 aromatic heterocycles. The fraction of sp³-hybridized carbons (Fsp3) is 0.241. The molecule has 1 fully saturated rings. The van der Waals surface area contributed by atoms with Crippen molar-refractivity contribution in [2.75, 3.05) is 37.8 Å². The predicted molar refractivity (Wildman–Crippen MR) is 148 cm³/mol. The number of nitrogen functional groups attached to an aromatic ring is 1. The molecule has 0 spiro atoms. The maximum Gasteiger partial charge on any atom is 0.228 e. The summed E-state index contributed by atoms with van der Waals surface area (Å²) in [5, 5.41) is 0.912. The monoisotopic (exact) mass is 491 g/mol. The summed E-state index contributed by atoms with van der Waals surface area (Å²) in [6.07, 6.45) is 7.52. The van der Waals surface area contributed by atoms with Gasteiger partial charge < -0.3 is 20.5 Å². The number of ketones is 1. The van der Waals surface area contributed by atoms with E-state index in [1.54, 1.807) is 36.8 Å². The molecule has 0 atom stereocenters. The molecule has 2 aromatic carbocycles. The summed E-state index contributed by atoms with van der Waals surface area (Å²) in [6, 6.07) is 15.9. The summed E-state index contributed by atoms with van der Waals surface area (Å²) >= 11 is 0. The van der Waals surface area contributed by atoms with Gasteiger partial charge in [0.1, 0.15) is 0 Å². The third kappa shape index (κ3) is 4.29. The zero-order chi connectivity index (χ0) is 25.5. The van der Waals surface area contributed by atoms with Crippen molar-refractivity contribution in [3.63, 3.8) is 0 Å². The lowest BCUT2D eigenvalue weighted by Crippen LogP contribution is -2.41. The second-order valence-electron chi connectivity index (χ2n) is 9.86. The number of H-pyrrole nitrogens is 1. The number of aromatic nitrogens is 4. The minimum absolute atomic E-state index is 0.188. The Balaban J connectivity index is 1.30. The van der Waals surface area contributed by atoms with Crippen LogP contribution in [0.4, 0.5) is 11.4 Å². The first-order chi connectivity index (χ1) is 18.0. The minimum Gasteiger partial charge on any atom is -0.398 e. The summed E-state index contributed by atoms with van der Waals surface area (Å²) in [4.78, 5) is 34.9. The van der Waals surface area contributed by atoms with Gasteiger partial charge in [0.05, 0.1) is 16.6 Å². The van der Waals surface area contributed by atoms with Crippen LogP contribution < -0.4 is 10.6 Å². The maximum atomic E-state index is 13.5. The van der Waals surface area contributed by atoms with Crippen LogP contribution in [0, 0.1) is 0 Å². The molecule has 5 aromatic rings. The van der Waals surface area contributed by atoms with Crippen LogP contribution in [0.5, 0.6) is 0 Å². The van der Waals surface area contributed by atoms with Crippen molar-refractivity contribution in [1.82, 2.24) is 24.8 Å². The largest absolute Gasteiger partial charge is 0.398 e. The second-order valence-corrected chi connectivity index (χ2v) is 9.86. The number of anilines is 2. The molecule has 0 unspecified atom stereocenters. The highest BCUT2D eigenvalue weighted by molar-refractivity contribution is 6.09. The van der Waals surface area contributed by atoms with E-state index in [1.807, 2.05) is 18.2 Å². The number of carbonyl (C=O) groups excluding carboxylic acids is 1. The van der Waals surface area contributed by atoms with Crippen LogP contribution in [0.15, 0.2) is 67.1 Å². The van der Waals surface area contributed by atoms with E-state index in [4.69, 9.17) is 5.73 Å². The van der Waals surface area contributed by atoms with E-state index in [-0.39, 0.29) is 5.78 Å². The quantitative estimate of drug-likeness (QED) is 0.275. The first-order valence-corrected chi connectivity index (χ1v) is 12.5. The smallest absolute Gasteiger partial charge is 0.228 e. The Labute approximate surface area is 215 Å². The third-order valence-corrected chi connectivity index (χ3v) is 7.36. The van der Waals surface area contributed by atoms with Gasteiger partial charge in [-0.1, -0.05) is 0 Å². The summed E-state index contributed by atoms with van der Waals surface area (Å²) in [6.45, 7) is 2.03. The second kappa shape index (κ2) is 9.29. The van der Waals surface area contributed by atoms with Gasteiger partial charge in [-0.05, 0) is 75.5 Å². The fourth-order valence-electron chi connectivity index (χ4n) is 5.21. The number of hydrogen-bond donors (Lipinski definition) is 2. The average molecular weight is 492 g/mol. The van der Waals surface area contributed by atoms with Crippen molar-refractivity contribution >= 4 is 39.1 Å². The first kappa shape index (κ1) is 23.1. The molecule has 8 nitrogen and oxygen atoms in total. The fourth-order valence-corrected chi connectivity index (χ4v) is 5.21. The van der Waals surface area contributed by atoms with E-state index >= 15 is 0 Å². The van der Waals surface area contributed by atoms with E-state index in [0.717, 1.165) is 64.7 Å². The Hall–Kier alpha value is -4.30. The highest BCUT2D eigenvalue weighted by Gasteiger charge is 2.22. The molecule has 0 bridgehead atoms. The molecule has 6 rings (SSSR count). The number of nitrogens with zero attached hydrogens (tertiary/aromatic N) is 5. The number of benzene rings is 2. The molecule has 0 amide bonds. The van der Waals surface area contributed by atoms with Crippen molar-refractivity contribution in [3.05, 3.63) is 78.5 Å². The van der Waals surface area contributed by atoms with Crippen molar-refractivity contribution in [2.24, 2.45) is 0 Å². The van der Waals surface area contributed by atoms with Gasteiger partial charge in [-0.15, -0.1) is 0 Å². The summed E-state index contributed by atoms with van der Waals surface area (Å²) in [7, 11) is 4.30. The lowest BCUT2D eigenvalue weighted by atomic mass is 9.98. The van der Waals surface area contributed by atoms with Crippen LogP contribution in [0.3, 0.4) is 0 Å². The van der Waals surface area contributed by atoms with Crippen molar-refractivity contribution in [2.45, 2.75) is 18.9 Å². The first-order valence-electron chi connectivity index (χ1n) is 12.5. The Bertz CT molecular complexity index is 1610. The highest BCUT2D eigenvalue weighted by atomic mass is 16.1. The van der Waals surface area contributed by atoms with Gasteiger partial charge in [-0.3, -0.25) is 14.8 Å². The van der Waals surface area contributed by atoms with Gasteiger partial charge in [-0.25, -0.2) is 4.98 Å². The normalized spacial score (nSPS) is 14.6. The van der Waals surface area contributed by atoms with E-state index in [0.29, 0.717) is 23.1 Å². The third-order valence-electron chi connectivity index (χ3n) is 7.36. The number of nitrogens with two attached hydrogens (primary N) is 1. The van der Waals surface area contributed by atoms with Gasteiger partial charge in [0, 0.05) is 71.2 Å². The Kier molecular flexibility index (Phi) is 5.81. The standard InChI is InChI=1S/C29H29N7O/c1-35(2)20-9-12-36(13-10-20)21-6-8-25-26(15-21)34-29(33-25)28(37)18-5-7-24(30)22(14-18)23-17-31-16-19-4-3-11-32-27(19)23/h3-8,11,14-17,20H,9-10,12-13,30H2,1-2H3,(H,33,34). The number of piperidine rings is 1. The molecule has 186 valence electrons. The van der Waals surface area contributed by atoms with Crippen molar-refractivity contribution in [1.29, 1.82) is 0 Å². The van der Waals surface area contributed by atoms with E-state index in [1.165, 1.54) is 0 Å². The number of aromatic amines is 1. The SMILES string of the molecule is CN(C)C1CCN(c2ccc3nc(C(=O)c4ccc(N)c(-c5cncc6cccnc56)c4)[nH]c3c2)CC1. The van der Waals surface area contributed by atoms with Gasteiger partial charge >= 0.3 is 0 Å². The topological polar surface area (TPSA) is 104 Å². The summed E-state index contributed by atoms with van der Waals surface area (Å²) in [5.74, 6) is 0.121. The predicted octanol–water partition coefficient (Wildman–Crippen LogP) is 4.52. The molecule has 1 aliphatic heterocycles. The van der Waals surface area contributed by atoms with Gasteiger partial charge in [-0.2, -0.15) is 0 Å². The molecule has 1 saturated heterocycles. The maximum absolute atomic E-state index is 13.5. The highest BCUT2D eigenvalue weighted by Crippen LogP contribution is 2.32. The molecule has 3 N–H and O–H groups in total. The van der Waals surface area contributed by atoms with E-state index < -0.39 is 0 Å². The molecule has 0 saturated carbocycles. The lowest BCUT2D eigenvalue weighted by Gasteiger charge is -2.36.